The van der Waals surface area contributed by atoms with Crippen molar-refractivity contribution < 1.29 is 24.5 Å². The summed E-state index contributed by atoms with van der Waals surface area (Å²) in [6.07, 6.45) is 6.49. The summed E-state index contributed by atoms with van der Waals surface area (Å²) in [4.78, 5) is 9.90. The van der Waals surface area contributed by atoms with Crippen molar-refractivity contribution in [1.29, 1.82) is 0 Å². The van der Waals surface area contributed by atoms with Crippen LogP contribution in [0.15, 0.2) is 156 Å². The molecule has 0 bridgehead atoms. The molecule has 0 atom stereocenters. The van der Waals surface area contributed by atoms with Gasteiger partial charge in [-0.25, -0.2) is 0 Å². The van der Waals surface area contributed by atoms with Crippen LogP contribution in [-0.2, 0) is 26.5 Å². The van der Waals surface area contributed by atoms with Crippen LogP contribution in [0.3, 0.4) is 0 Å². The first kappa shape index (κ1) is 45.4. The Hall–Kier alpha value is -5.65. The van der Waals surface area contributed by atoms with E-state index < -0.39 is 8.07 Å². The molecule has 0 fully saturated rings. The molecule has 6 aromatic carbocycles. The van der Waals surface area contributed by atoms with Crippen LogP contribution in [0, 0.1) is 18.2 Å². The van der Waals surface area contributed by atoms with Gasteiger partial charge >= 0.3 is 0 Å². The minimum atomic E-state index is -1.34. The molecule has 0 spiro atoms. The molecule has 9 aromatic rings. The van der Waals surface area contributed by atoms with E-state index in [0.29, 0.717) is 17.8 Å². The summed E-state index contributed by atoms with van der Waals surface area (Å²) in [7, 11) is -1.34. The Morgan fingerprint density at radius 1 is 0.651 bits per heavy atom. The molecular weight excluding hydrogens is 963 g/mol. The summed E-state index contributed by atoms with van der Waals surface area (Å²) < 4.78 is 8.45. The van der Waals surface area contributed by atoms with Gasteiger partial charge in [-0.15, -0.1) is 42.0 Å². The average molecular weight is 1020 g/mol. The zero-order chi connectivity index (χ0) is 43.5. The fourth-order valence-electron chi connectivity index (χ4n) is 8.47. The summed E-state index contributed by atoms with van der Waals surface area (Å²) in [5.74, 6) is 2.11. The zero-order valence-corrected chi connectivity index (χ0v) is 41.4. The molecule has 0 unspecified atom stereocenters. The number of rotatable bonds is 10. The predicted molar refractivity (Wildman–Crippen MR) is 264 cm³/mol. The fraction of sp³-hybridized carbons (Fsp3) is 0.228. The molecule has 63 heavy (non-hydrogen) atoms. The number of benzene rings is 6. The van der Waals surface area contributed by atoms with E-state index in [1.54, 1.807) is 0 Å². The average Bonchev–Trinajstić information content (AvgIpc) is 3.87. The number of hydrogen-bond donors (Lipinski definition) is 0. The maximum Gasteiger partial charge on any atom is 0.0798 e. The summed E-state index contributed by atoms with van der Waals surface area (Å²) in [6, 6.07) is 54.2. The van der Waals surface area contributed by atoms with Crippen LogP contribution in [0.4, 0.5) is 0 Å². The van der Waals surface area contributed by atoms with Crippen LogP contribution in [0.5, 0.6) is 0 Å². The van der Waals surface area contributed by atoms with E-state index in [9.17, 15) is 0 Å². The largest absolute Gasteiger partial charge is 0.557 e. The molecule has 0 amide bonds. The van der Waals surface area contributed by atoms with Crippen molar-refractivity contribution in [3.63, 3.8) is 0 Å². The van der Waals surface area contributed by atoms with Crippen molar-refractivity contribution in [1.82, 2.24) is 14.5 Å². The van der Waals surface area contributed by atoms with Gasteiger partial charge in [0.25, 0.3) is 0 Å². The van der Waals surface area contributed by atoms with Crippen LogP contribution < -0.4 is 5.19 Å². The molecule has 0 saturated carbocycles. The van der Waals surface area contributed by atoms with Gasteiger partial charge in [-0.05, 0) is 92.7 Å². The van der Waals surface area contributed by atoms with Crippen molar-refractivity contribution in [3.05, 3.63) is 181 Å². The maximum absolute atomic E-state index is 6.11. The summed E-state index contributed by atoms with van der Waals surface area (Å²) in [5.41, 5.74) is 15.8. The van der Waals surface area contributed by atoms with Gasteiger partial charge < -0.3 is 14.0 Å². The fourth-order valence-corrected chi connectivity index (χ4v) is 10.1. The van der Waals surface area contributed by atoms with Gasteiger partial charge in [0.1, 0.15) is 0 Å². The molecule has 4 nitrogen and oxygen atoms in total. The van der Waals surface area contributed by atoms with E-state index in [4.69, 9.17) is 9.40 Å². The van der Waals surface area contributed by atoms with E-state index in [2.05, 4.69) is 211 Å². The van der Waals surface area contributed by atoms with Gasteiger partial charge in [-0.2, -0.15) is 0 Å². The van der Waals surface area contributed by atoms with Crippen LogP contribution in [0.2, 0.25) is 19.6 Å². The first-order chi connectivity index (χ1) is 29.9. The first-order valence-corrected chi connectivity index (χ1v) is 25.5. The third-order valence-electron chi connectivity index (χ3n) is 11.6. The molecule has 0 N–H and O–H groups in total. The Kier molecular flexibility index (Phi) is 14.0. The monoisotopic (exact) mass is 1020 g/mol. The van der Waals surface area contributed by atoms with Crippen molar-refractivity contribution in [2.75, 3.05) is 0 Å². The van der Waals surface area contributed by atoms with Crippen molar-refractivity contribution in [3.8, 4) is 50.6 Å². The van der Waals surface area contributed by atoms with E-state index in [0.717, 1.165) is 62.2 Å². The van der Waals surface area contributed by atoms with E-state index >= 15 is 0 Å². The van der Waals surface area contributed by atoms with Crippen LogP contribution in [-0.4, -0.2) is 22.6 Å². The number of fused-ring (bicyclic) bond motifs is 2. The second-order valence-corrected chi connectivity index (χ2v) is 23.5. The molecule has 0 aliphatic heterocycles. The SMILES string of the molecule is CC(C)Cc1cc(-c2[c-]cccc2)ncc1[Si](C)(C)C.CC(C)c1cc(-c2ccccc2)cc(C(C)C)c1-n1c(-c2[c-]oc3cc(-c4ccccc4)ccc23)nc2ccccc21.[Ir]. The molecule has 0 aliphatic carbocycles. The van der Waals surface area contributed by atoms with E-state index in [-0.39, 0.29) is 20.1 Å². The molecule has 321 valence electrons. The van der Waals surface area contributed by atoms with Gasteiger partial charge in [-0.1, -0.05) is 169 Å². The minimum absolute atomic E-state index is 0. The smallest absolute Gasteiger partial charge is 0.0798 e. The van der Waals surface area contributed by atoms with Crippen molar-refractivity contribution in [2.45, 2.75) is 79.4 Å². The van der Waals surface area contributed by atoms with Crippen LogP contribution >= 0.6 is 0 Å². The van der Waals surface area contributed by atoms with Crippen LogP contribution in [0.25, 0.3) is 72.6 Å². The zero-order valence-electron chi connectivity index (χ0n) is 38.0. The number of furan rings is 1. The van der Waals surface area contributed by atoms with E-state index in [1.165, 1.54) is 38.7 Å². The topological polar surface area (TPSA) is 43.9 Å². The first-order valence-electron chi connectivity index (χ1n) is 22.0. The van der Waals surface area contributed by atoms with Gasteiger partial charge in [0.05, 0.1) is 24.9 Å². The molecule has 1 radical (unpaired) electrons. The van der Waals surface area contributed by atoms with E-state index in [1.807, 2.05) is 24.3 Å². The minimum Gasteiger partial charge on any atom is -0.557 e. The standard InChI is InChI=1S/C39H33N2O.C18H24NSi.Ir/c1-25(2)32-21-30(28-15-9-6-10-16-28)22-33(26(3)4)38(32)41-36-18-12-11-17-35(36)40-39(41)34-24-42-37-23-29(19-20-31(34)37)27-13-7-5-8-14-27;1-14(2)11-16-12-17(15-9-7-6-8-10-15)19-13-18(16)20(3,4)5;/h5-23,25-26H,1-4H3;6-9,12-14H,11H2,1-5H3;/q2*-1;. The Balaban J connectivity index is 0.000000239. The van der Waals surface area contributed by atoms with Gasteiger partial charge in [0, 0.05) is 43.8 Å². The predicted octanol–water partition coefficient (Wildman–Crippen LogP) is 15.1. The normalized spacial score (nSPS) is 11.6. The maximum atomic E-state index is 6.11. The van der Waals surface area contributed by atoms with Crippen molar-refractivity contribution >= 4 is 35.3 Å². The van der Waals surface area contributed by atoms with Gasteiger partial charge in [-0.3, -0.25) is 4.98 Å². The van der Waals surface area contributed by atoms with Crippen LogP contribution in [0.1, 0.15) is 70.1 Å². The number of nitrogens with zero attached hydrogens (tertiary/aromatic N) is 3. The summed E-state index contributed by atoms with van der Waals surface area (Å²) in [5, 5.41) is 2.50. The second kappa shape index (κ2) is 19.4. The Morgan fingerprint density at radius 3 is 1.87 bits per heavy atom. The van der Waals surface area contributed by atoms with Gasteiger partial charge in [0.15, 0.2) is 0 Å². The number of pyridine rings is 1. The quantitative estimate of drug-likeness (QED) is 0.101. The molecule has 3 aromatic heterocycles. The third-order valence-corrected chi connectivity index (χ3v) is 13.6. The molecule has 0 saturated heterocycles. The molecule has 3 heterocycles. The Bertz CT molecular complexity index is 2910. The number of aromatic nitrogens is 3. The van der Waals surface area contributed by atoms with Crippen molar-refractivity contribution in [2.24, 2.45) is 5.92 Å². The number of imidazole rings is 1. The van der Waals surface area contributed by atoms with Gasteiger partial charge in [0.2, 0.25) is 0 Å². The third kappa shape index (κ3) is 9.80. The summed E-state index contributed by atoms with van der Waals surface area (Å²) in [6.45, 7) is 20.8. The number of hydrogen-bond acceptors (Lipinski definition) is 3. The second-order valence-electron chi connectivity index (χ2n) is 18.4. The molecule has 6 heteroatoms. The molecular formula is C57H57IrN3OSi-2. The Morgan fingerprint density at radius 2 is 1.27 bits per heavy atom. The Labute approximate surface area is 388 Å². The number of para-hydroxylation sites is 2. The molecule has 9 rings (SSSR count). The summed E-state index contributed by atoms with van der Waals surface area (Å²) >= 11 is 0. The molecule has 0 aliphatic rings.